The lowest BCUT2D eigenvalue weighted by Crippen LogP contribution is -2.42. The van der Waals surface area contributed by atoms with Crippen molar-refractivity contribution in [3.05, 3.63) is 11.3 Å². The van der Waals surface area contributed by atoms with Crippen molar-refractivity contribution in [3.8, 4) is 0 Å². The van der Waals surface area contributed by atoms with E-state index in [1.165, 1.54) is 11.9 Å². The summed E-state index contributed by atoms with van der Waals surface area (Å²) in [6.45, 7) is 3.41. The number of nitrogens with two attached hydrogens (primary N) is 1. The van der Waals surface area contributed by atoms with Crippen LogP contribution in [0.3, 0.4) is 0 Å². The van der Waals surface area contributed by atoms with Crippen LogP contribution < -0.4 is 5.73 Å². The van der Waals surface area contributed by atoms with E-state index in [0.29, 0.717) is 0 Å². The van der Waals surface area contributed by atoms with Gasteiger partial charge in [0, 0.05) is 7.05 Å². The molecule has 5 heteroatoms. The molecule has 13 heavy (non-hydrogen) atoms. The molecule has 0 unspecified atom stereocenters. The number of carboxylic acid groups (broad SMARTS) is 1. The zero-order valence-electron chi connectivity index (χ0n) is 7.79. The van der Waals surface area contributed by atoms with Crippen LogP contribution in [0.1, 0.15) is 13.8 Å². The SMILES string of the molecule is CN1C(=O)C(C(=O)O)=C(N)C1(C)C. The summed E-state index contributed by atoms with van der Waals surface area (Å²) in [5, 5.41) is 8.72. The van der Waals surface area contributed by atoms with Crippen molar-refractivity contribution in [1.29, 1.82) is 0 Å². The summed E-state index contributed by atoms with van der Waals surface area (Å²) in [4.78, 5) is 23.4. The van der Waals surface area contributed by atoms with Crippen LogP contribution in [-0.2, 0) is 9.59 Å². The quantitative estimate of drug-likeness (QED) is 0.540. The lowest BCUT2D eigenvalue weighted by atomic mass is 10.0. The number of aliphatic carboxylic acids is 1. The molecule has 1 heterocycles. The van der Waals surface area contributed by atoms with Gasteiger partial charge in [-0.1, -0.05) is 0 Å². The van der Waals surface area contributed by atoms with Gasteiger partial charge in [0.2, 0.25) is 0 Å². The molecule has 0 atom stereocenters. The molecule has 0 saturated carbocycles. The standard InChI is InChI=1S/C8H12N2O3/c1-8(2)5(9)4(7(12)13)6(11)10(8)3/h9H2,1-3H3,(H,12,13). The van der Waals surface area contributed by atoms with Gasteiger partial charge < -0.3 is 15.7 Å². The first-order chi connectivity index (χ1) is 5.80. The fourth-order valence-electron chi connectivity index (χ4n) is 1.23. The Labute approximate surface area is 75.8 Å². The molecule has 0 radical (unpaired) electrons. The lowest BCUT2D eigenvalue weighted by molar-refractivity contribution is -0.136. The van der Waals surface area contributed by atoms with E-state index in [1.807, 2.05) is 0 Å². The minimum absolute atomic E-state index is 0.118. The van der Waals surface area contributed by atoms with E-state index < -0.39 is 17.4 Å². The summed E-state index contributed by atoms with van der Waals surface area (Å²) in [6, 6.07) is 0. The molecule has 0 fully saturated rings. The van der Waals surface area contributed by atoms with Gasteiger partial charge in [-0.05, 0) is 13.8 Å². The zero-order valence-corrected chi connectivity index (χ0v) is 7.79. The molecule has 1 aliphatic rings. The smallest absolute Gasteiger partial charge is 0.343 e. The van der Waals surface area contributed by atoms with Gasteiger partial charge >= 0.3 is 5.97 Å². The number of carbonyl (C=O) groups is 2. The molecule has 1 rings (SSSR count). The Morgan fingerprint density at radius 3 is 2.15 bits per heavy atom. The highest BCUT2D eigenvalue weighted by Gasteiger charge is 2.44. The summed E-state index contributed by atoms with van der Waals surface area (Å²) >= 11 is 0. The van der Waals surface area contributed by atoms with Crippen molar-refractivity contribution in [2.45, 2.75) is 19.4 Å². The van der Waals surface area contributed by atoms with Crippen molar-refractivity contribution in [3.63, 3.8) is 0 Å². The summed E-state index contributed by atoms with van der Waals surface area (Å²) in [6.07, 6.45) is 0. The van der Waals surface area contributed by atoms with E-state index in [0.717, 1.165) is 0 Å². The van der Waals surface area contributed by atoms with E-state index >= 15 is 0 Å². The minimum atomic E-state index is -1.26. The molecule has 0 saturated heterocycles. The van der Waals surface area contributed by atoms with E-state index in [1.54, 1.807) is 13.8 Å². The maximum absolute atomic E-state index is 11.4. The first-order valence-electron chi connectivity index (χ1n) is 3.81. The average Bonchev–Trinajstić information content (AvgIpc) is 2.14. The van der Waals surface area contributed by atoms with Crippen molar-refractivity contribution in [2.75, 3.05) is 7.05 Å². The molecule has 1 aliphatic heterocycles. The highest BCUT2D eigenvalue weighted by Crippen LogP contribution is 2.30. The molecule has 0 bridgehead atoms. The van der Waals surface area contributed by atoms with Gasteiger partial charge in [0.05, 0.1) is 11.2 Å². The number of nitrogens with zero attached hydrogens (tertiary/aromatic N) is 1. The van der Waals surface area contributed by atoms with Gasteiger partial charge in [-0.25, -0.2) is 4.79 Å². The molecule has 0 aliphatic carbocycles. The first-order valence-corrected chi connectivity index (χ1v) is 3.81. The van der Waals surface area contributed by atoms with Crippen LogP contribution in [0.5, 0.6) is 0 Å². The highest BCUT2D eigenvalue weighted by molar-refractivity contribution is 6.18. The number of likely N-dealkylation sites (N-methyl/N-ethyl adjacent to an activating group) is 1. The third kappa shape index (κ3) is 1.07. The van der Waals surface area contributed by atoms with Gasteiger partial charge in [0.1, 0.15) is 5.57 Å². The van der Waals surface area contributed by atoms with Crippen LogP contribution in [0.25, 0.3) is 0 Å². The van der Waals surface area contributed by atoms with Gasteiger partial charge in [0.15, 0.2) is 0 Å². The molecule has 0 aromatic carbocycles. The normalized spacial score (nSPS) is 21.2. The molecule has 3 N–H and O–H groups in total. The summed E-state index contributed by atoms with van der Waals surface area (Å²) in [5.74, 6) is -1.80. The predicted octanol–water partition coefficient (Wildman–Crippen LogP) is -0.466. The summed E-state index contributed by atoms with van der Waals surface area (Å²) < 4.78 is 0. The molecule has 0 aromatic rings. The van der Waals surface area contributed by atoms with E-state index in [4.69, 9.17) is 10.8 Å². The number of carbonyl (C=O) groups excluding carboxylic acids is 1. The number of rotatable bonds is 1. The summed E-state index contributed by atoms with van der Waals surface area (Å²) in [7, 11) is 1.53. The zero-order chi connectivity index (χ0) is 10.4. The van der Waals surface area contributed by atoms with Crippen LogP contribution in [0.2, 0.25) is 0 Å². The van der Waals surface area contributed by atoms with Crippen molar-refractivity contribution < 1.29 is 14.7 Å². The monoisotopic (exact) mass is 184 g/mol. The van der Waals surface area contributed by atoms with Crippen LogP contribution in [0, 0.1) is 0 Å². The molecule has 0 aromatic heterocycles. The Morgan fingerprint density at radius 2 is 2.00 bits per heavy atom. The maximum Gasteiger partial charge on any atom is 0.343 e. The van der Waals surface area contributed by atoms with E-state index in [9.17, 15) is 9.59 Å². The third-order valence-corrected chi connectivity index (χ3v) is 2.50. The molecular formula is C8H12N2O3. The molecule has 72 valence electrons. The largest absolute Gasteiger partial charge is 0.477 e. The molecule has 0 spiro atoms. The number of hydrogen-bond donors (Lipinski definition) is 2. The van der Waals surface area contributed by atoms with Crippen LogP contribution in [0.4, 0.5) is 0 Å². The highest BCUT2D eigenvalue weighted by atomic mass is 16.4. The Kier molecular flexibility index (Phi) is 1.83. The topological polar surface area (TPSA) is 83.6 Å². The maximum atomic E-state index is 11.4. The Balaban J connectivity index is 3.29. The number of amides is 1. The van der Waals surface area contributed by atoms with Crippen LogP contribution >= 0.6 is 0 Å². The van der Waals surface area contributed by atoms with Crippen molar-refractivity contribution >= 4 is 11.9 Å². The average molecular weight is 184 g/mol. The first kappa shape index (κ1) is 9.57. The molecule has 1 amide bonds. The third-order valence-electron chi connectivity index (χ3n) is 2.50. The Morgan fingerprint density at radius 1 is 1.54 bits per heavy atom. The second-order valence-electron chi connectivity index (χ2n) is 3.52. The second-order valence-corrected chi connectivity index (χ2v) is 3.52. The second kappa shape index (κ2) is 2.48. The van der Waals surface area contributed by atoms with E-state index in [2.05, 4.69) is 0 Å². The Hall–Kier alpha value is -1.52. The van der Waals surface area contributed by atoms with Gasteiger partial charge in [-0.2, -0.15) is 0 Å². The number of hydrogen-bond acceptors (Lipinski definition) is 3. The number of carboxylic acids is 1. The Bertz CT molecular complexity index is 317. The fourth-order valence-corrected chi connectivity index (χ4v) is 1.23. The van der Waals surface area contributed by atoms with Crippen molar-refractivity contribution in [2.24, 2.45) is 5.73 Å². The van der Waals surface area contributed by atoms with E-state index in [-0.39, 0.29) is 11.3 Å². The summed E-state index contributed by atoms with van der Waals surface area (Å²) in [5.41, 5.74) is 4.68. The predicted molar refractivity (Wildman–Crippen MR) is 45.7 cm³/mol. The minimum Gasteiger partial charge on any atom is -0.477 e. The van der Waals surface area contributed by atoms with Gasteiger partial charge in [-0.3, -0.25) is 4.79 Å². The molecular weight excluding hydrogens is 172 g/mol. The van der Waals surface area contributed by atoms with Crippen molar-refractivity contribution in [1.82, 2.24) is 4.90 Å². The van der Waals surface area contributed by atoms with Gasteiger partial charge in [-0.15, -0.1) is 0 Å². The van der Waals surface area contributed by atoms with Gasteiger partial charge in [0.25, 0.3) is 5.91 Å². The van der Waals surface area contributed by atoms with Crippen LogP contribution in [-0.4, -0.2) is 34.5 Å². The van der Waals surface area contributed by atoms with Crippen LogP contribution in [0.15, 0.2) is 11.3 Å². The lowest BCUT2D eigenvalue weighted by Gasteiger charge is -2.28. The molecule has 5 nitrogen and oxygen atoms in total. The fraction of sp³-hybridized carbons (Fsp3) is 0.500.